The van der Waals surface area contributed by atoms with Gasteiger partial charge in [0.15, 0.2) is 5.17 Å². The number of benzene rings is 1. The average Bonchev–Trinajstić information content (AvgIpc) is 3.04. The van der Waals surface area contributed by atoms with Crippen LogP contribution in [0.25, 0.3) is 6.08 Å². The van der Waals surface area contributed by atoms with E-state index in [-0.39, 0.29) is 5.91 Å². The molecule has 1 aliphatic heterocycles. The van der Waals surface area contributed by atoms with Crippen LogP contribution in [-0.4, -0.2) is 27.6 Å². The highest BCUT2D eigenvalue weighted by Crippen LogP contribution is 2.33. The maximum absolute atomic E-state index is 12.5. The number of rotatable bonds is 3. The van der Waals surface area contributed by atoms with Gasteiger partial charge in [-0.25, -0.2) is 4.99 Å². The molecular weight excluding hydrogens is 318 g/mol. The molecular formula is C19H21N3OS. The molecule has 0 saturated carbocycles. The van der Waals surface area contributed by atoms with E-state index in [4.69, 9.17) is 0 Å². The lowest BCUT2D eigenvalue weighted by Crippen LogP contribution is -2.23. The third-order valence-corrected chi connectivity index (χ3v) is 4.97. The third-order valence-electron chi connectivity index (χ3n) is 3.91. The fraction of sp³-hybridized carbons (Fsp3) is 0.263. The number of hydrogen-bond acceptors (Lipinski definition) is 3. The van der Waals surface area contributed by atoms with Crippen molar-refractivity contribution < 1.29 is 4.79 Å². The number of amides is 1. The summed E-state index contributed by atoms with van der Waals surface area (Å²) in [6.07, 6.45) is 4.04. The fourth-order valence-electron chi connectivity index (χ4n) is 2.67. The lowest BCUT2D eigenvalue weighted by atomic mass is 10.3. The molecule has 0 radical (unpaired) electrons. The summed E-state index contributed by atoms with van der Waals surface area (Å²) in [5, 5.41) is 0.706. The third kappa shape index (κ3) is 3.31. The van der Waals surface area contributed by atoms with Crippen molar-refractivity contribution in [2.45, 2.75) is 26.8 Å². The Morgan fingerprint density at radius 1 is 1.21 bits per heavy atom. The zero-order valence-electron chi connectivity index (χ0n) is 14.4. The Balaban J connectivity index is 1.89. The van der Waals surface area contributed by atoms with Gasteiger partial charge in [-0.2, -0.15) is 0 Å². The van der Waals surface area contributed by atoms with Gasteiger partial charge in [0, 0.05) is 25.0 Å². The van der Waals surface area contributed by atoms with Crippen LogP contribution in [0.2, 0.25) is 0 Å². The van der Waals surface area contributed by atoms with E-state index in [1.807, 2.05) is 36.4 Å². The molecule has 1 amide bonds. The van der Waals surface area contributed by atoms with Crippen LogP contribution in [0.5, 0.6) is 0 Å². The first kappa shape index (κ1) is 16.6. The lowest BCUT2D eigenvalue weighted by Gasteiger charge is -2.08. The minimum absolute atomic E-state index is 0.00960. The van der Waals surface area contributed by atoms with Crippen molar-refractivity contribution in [2.24, 2.45) is 4.99 Å². The average molecular weight is 339 g/mol. The maximum atomic E-state index is 12.5. The Hall–Kier alpha value is -2.27. The first-order valence-electron chi connectivity index (χ1n) is 7.95. The first-order chi connectivity index (χ1) is 11.5. The van der Waals surface area contributed by atoms with Crippen LogP contribution in [0.1, 0.15) is 31.1 Å². The quantitative estimate of drug-likeness (QED) is 0.766. The zero-order chi connectivity index (χ0) is 17.3. The summed E-state index contributed by atoms with van der Waals surface area (Å²) in [6, 6.07) is 12.2. The molecule has 5 heteroatoms. The van der Waals surface area contributed by atoms with Gasteiger partial charge in [0.05, 0.1) is 10.6 Å². The van der Waals surface area contributed by atoms with E-state index in [0.29, 0.717) is 16.1 Å². The number of likely N-dealkylation sites (N-methyl/N-ethyl adjacent to an activating group) is 1. The van der Waals surface area contributed by atoms with Gasteiger partial charge in [-0.1, -0.05) is 18.2 Å². The highest BCUT2D eigenvalue weighted by Gasteiger charge is 2.30. The fourth-order valence-corrected chi connectivity index (χ4v) is 3.65. The number of hydrogen-bond donors (Lipinski definition) is 0. The predicted octanol–water partition coefficient (Wildman–Crippen LogP) is 4.61. The molecule has 0 atom stereocenters. The molecule has 124 valence electrons. The van der Waals surface area contributed by atoms with Crippen molar-refractivity contribution in [2.75, 3.05) is 7.05 Å². The molecule has 24 heavy (non-hydrogen) atoms. The van der Waals surface area contributed by atoms with Crippen LogP contribution < -0.4 is 0 Å². The minimum Gasteiger partial charge on any atom is -0.349 e. The number of aromatic nitrogens is 1. The molecule has 0 N–H and O–H groups in total. The molecule has 2 aromatic rings. The van der Waals surface area contributed by atoms with Crippen LogP contribution in [0.4, 0.5) is 5.69 Å². The van der Waals surface area contributed by atoms with Gasteiger partial charge in [0.1, 0.15) is 0 Å². The smallest absolute Gasteiger partial charge is 0.266 e. The Labute approximate surface area is 146 Å². The molecule has 4 nitrogen and oxygen atoms in total. The van der Waals surface area contributed by atoms with Gasteiger partial charge < -0.3 is 4.57 Å². The molecule has 0 spiro atoms. The summed E-state index contributed by atoms with van der Waals surface area (Å²) >= 11 is 1.42. The summed E-state index contributed by atoms with van der Waals surface area (Å²) in [5.74, 6) is -0.00960. The van der Waals surface area contributed by atoms with Gasteiger partial charge >= 0.3 is 0 Å². The van der Waals surface area contributed by atoms with Gasteiger partial charge in [0.25, 0.3) is 5.91 Å². The van der Waals surface area contributed by atoms with Crippen LogP contribution >= 0.6 is 11.8 Å². The minimum atomic E-state index is -0.00960. The molecule has 1 aliphatic rings. The Morgan fingerprint density at radius 3 is 2.54 bits per heavy atom. The highest BCUT2D eigenvalue weighted by molar-refractivity contribution is 8.18. The summed E-state index contributed by atoms with van der Waals surface area (Å²) in [5.41, 5.74) is 3.09. The Kier molecular flexibility index (Phi) is 4.62. The topological polar surface area (TPSA) is 37.6 Å². The summed E-state index contributed by atoms with van der Waals surface area (Å²) in [6.45, 7) is 6.38. The molecule has 1 fully saturated rings. The number of thioether (sulfide) groups is 1. The summed E-state index contributed by atoms with van der Waals surface area (Å²) < 4.78 is 2.21. The van der Waals surface area contributed by atoms with Crippen molar-refractivity contribution in [3.05, 3.63) is 58.8 Å². The molecule has 1 aromatic carbocycles. The van der Waals surface area contributed by atoms with Crippen LogP contribution in [-0.2, 0) is 4.79 Å². The number of carbonyl (C=O) groups excluding carboxylic acids is 1. The largest absolute Gasteiger partial charge is 0.349 e. The van der Waals surface area contributed by atoms with E-state index in [1.165, 1.54) is 17.5 Å². The van der Waals surface area contributed by atoms with Crippen LogP contribution in [0.3, 0.4) is 0 Å². The first-order valence-corrected chi connectivity index (χ1v) is 8.77. The molecule has 3 rings (SSSR count). The van der Waals surface area contributed by atoms with E-state index in [9.17, 15) is 4.79 Å². The maximum Gasteiger partial charge on any atom is 0.266 e. The van der Waals surface area contributed by atoms with E-state index < -0.39 is 0 Å². The second-order valence-corrected chi connectivity index (χ2v) is 7.13. The van der Waals surface area contributed by atoms with Crippen LogP contribution in [0, 0.1) is 6.92 Å². The van der Waals surface area contributed by atoms with Gasteiger partial charge in [-0.15, -0.1) is 0 Å². The monoisotopic (exact) mass is 339 g/mol. The highest BCUT2D eigenvalue weighted by atomic mass is 32.2. The van der Waals surface area contributed by atoms with E-state index in [2.05, 4.69) is 42.6 Å². The summed E-state index contributed by atoms with van der Waals surface area (Å²) in [7, 11) is 1.77. The number of para-hydroxylation sites is 1. The molecule has 0 bridgehead atoms. The SMILES string of the molecule is Cc1cc(/C=C2/SC(=Nc3ccccc3)N(C)C2=O)cn1C(C)C. The standard InChI is InChI=1S/C19H21N3OS/c1-13(2)22-12-15(10-14(22)3)11-17-18(23)21(4)19(24-17)20-16-8-6-5-7-9-16/h5-13H,1-4H3/b17-11+,20-19?. The van der Waals surface area contributed by atoms with Gasteiger partial charge in [-0.3, -0.25) is 9.69 Å². The Morgan fingerprint density at radius 2 is 1.92 bits per heavy atom. The van der Waals surface area contributed by atoms with Crippen molar-refractivity contribution in [1.82, 2.24) is 9.47 Å². The molecule has 1 saturated heterocycles. The second-order valence-electron chi connectivity index (χ2n) is 6.12. The predicted molar refractivity (Wildman–Crippen MR) is 101 cm³/mol. The van der Waals surface area contributed by atoms with Crippen molar-refractivity contribution >= 4 is 34.6 Å². The van der Waals surface area contributed by atoms with Crippen molar-refractivity contribution in [3.63, 3.8) is 0 Å². The molecule has 2 heterocycles. The van der Waals surface area contributed by atoms with E-state index in [1.54, 1.807) is 11.9 Å². The van der Waals surface area contributed by atoms with Gasteiger partial charge in [0.2, 0.25) is 0 Å². The molecule has 1 aromatic heterocycles. The van der Waals surface area contributed by atoms with E-state index >= 15 is 0 Å². The number of aliphatic imine (C=N–C) groups is 1. The summed E-state index contributed by atoms with van der Waals surface area (Å²) in [4.78, 5) is 19.4. The number of carbonyl (C=O) groups is 1. The molecule has 0 unspecified atom stereocenters. The zero-order valence-corrected chi connectivity index (χ0v) is 15.2. The second kappa shape index (κ2) is 6.69. The van der Waals surface area contributed by atoms with Crippen molar-refractivity contribution in [1.29, 1.82) is 0 Å². The number of aryl methyl sites for hydroxylation is 1. The van der Waals surface area contributed by atoms with Crippen molar-refractivity contribution in [3.8, 4) is 0 Å². The Bertz CT molecular complexity index is 818. The molecule has 0 aliphatic carbocycles. The van der Waals surface area contributed by atoms with E-state index in [0.717, 1.165) is 11.3 Å². The lowest BCUT2D eigenvalue weighted by molar-refractivity contribution is -0.121. The van der Waals surface area contributed by atoms with Crippen LogP contribution in [0.15, 0.2) is 52.5 Å². The number of nitrogens with zero attached hydrogens (tertiary/aromatic N) is 3. The normalized spacial score (nSPS) is 18.4. The number of amidine groups is 1. The van der Waals surface area contributed by atoms with Gasteiger partial charge in [-0.05, 0) is 62.4 Å².